The molecule has 7 heteroatoms. The molecule has 9 aromatic rings. The summed E-state index contributed by atoms with van der Waals surface area (Å²) in [6.45, 7) is 14.6. The van der Waals surface area contributed by atoms with Crippen molar-refractivity contribution < 1.29 is 31.4 Å². The summed E-state index contributed by atoms with van der Waals surface area (Å²) in [6.07, 6.45) is 0.303. The first-order valence-corrected chi connectivity index (χ1v) is 29.3. The molecule has 9 rings (SSSR count). The van der Waals surface area contributed by atoms with Gasteiger partial charge in [0.2, 0.25) is 5.71 Å². The number of hydrogen-bond acceptors (Lipinski definition) is 4. The third-order valence-corrected chi connectivity index (χ3v) is 15.5. The molecule has 1 radical (unpaired) electrons. The van der Waals surface area contributed by atoms with Gasteiger partial charge in [0.1, 0.15) is 0 Å². The number of aryl methyl sites for hydroxylation is 2. The molecule has 0 aliphatic rings. The summed E-state index contributed by atoms with van der Waals surface area (Å²) in [5, 5.41) is 2.02. The van der Waals surface area contributed by atoms with Crippen molar-refractivity contribution >= 4 is 50.8 Å². The first-order chi connectivity index (χ1) is 32.0. The summed E-state index contributed by atoms with van der Waals surface area (Å²) >= 11 is -2.36. The van der Waals surface area contributed by atoms with E-state index in [1.54, 1.807) is 12.1 Å². The maximum Gasteiger partial charge on any atom is 0 e. The molecule has 329 valence electrons. The van der Waals surface area contributed by atoms with Crippen LogP contribution in [-0.2, 0) is 26.5 Å². The number of pyridine rings is 2. The molecule has 5 nitrogen and oxygen atoms in total. The van der Waals surface area contributed by atoms with Crippen LogP contribution in [0.5, 0.6) is 0 Å². The molecule has 0 unspecified atom stereocenters. The maximum atomic E-state index is 8.80. The molecule has 64 heavy (non-hydrogen) atoms. The van der Waals surface area contributed by atoms with E-state index < -0.39 is 31.9 Å². The minimum atomic E-state index is -2.36. The van der Waals surface area contributed by atoms with Gasteiger partial charge in [0.25, 0.3) is 0 Å². The molecule has 0 aliphatic heterocycles. The number of furan rings is 1. The van der Waals surface area contributed by atoms with Crippen molar-refractivity contribution in [1.29, 1.82) is 0 Å². The summed E-state index contributed by atoms with van der Waals surface area (Å²) < 4.78 is 49.9. The maximum absolute atomic E-state index is 8.80. The van der Waals surface area contributed by atoms with Crippen molar-refractivity contribution in [1.82, 2.24) is 19.5 Å². The standard InChI is InChI=1S/C37H32N3O.C20H28GeN.Ir/c1-22(2)30-20-26(25-12-7-6-8-13-25)21-31(23(3)4)34(30)40-33-17-10-9-16-32(33)39-36(40)29-15-11-14-27-28-19-18-24(5)38-37(28)41-35(27)29;1-15-8-10-16(11-9-15)19-12-17(13-20(2,3)4)18(14-22-19)21(5,6)7;/h6-14,16-23H,1-5H3;8-10,12,14H,13H2,1-7H3;/q2*-1;/i;1D3,13D2;. The topological polar surface area (TPSA) is 56.7 Å². The Morgan fingerprint density at radius 3 is 2.14 bits per heavy atom. The number of para-hydroxylation sites is 2. The molecule has 0 atom stereocenters. The number of nitrogens with zero attached hydrogens (tertiary/aromatic N) is 4. The van der Waals surface area contributed by atoms with Crippen molar-refractivity contribution in [3.8, 4) is 39.5 Å². The third-order valence-electron chi connectivity index (χ3n) is 11.3. The Morgan fingerprint density at radius 1 is 0.797 bits per heavy atom. The van der Waals surface area contributed by atoms with Crippen LogP contribution in [0, 0.1) is 31.3 Å². The van der Waals surface area contributed by atoms with E-state index in [0.29, 0.717) is 34.4 Å². The van der Waals surface area contributed by atoms with Gasteiger partial charge in [-0.2, -0.15) is 0 Å². The Balaban J connectivity index is 0.000000220. The Bertz CT molecular complexity index is 3260. The minimum Gasteiger partial charge on any atom is 0 e. The van der Waals surface area contributed by atoms with E-state index in [9.17, 15) is 0 Å². The van der Waals surface area contributed by atoms with Crippen LogP contribution in [0.15, 0.2) is 126 Å². The Labute approximate surface area is 403 Å². The zero-order valence-corrected chi connectivity index (χ0v) is 43.2. The number of aromatic nitrogens is 4. The quantitative estimate of drug-likeness (QED) is 0.112. The minimum absolute atomic E-state index is 0. The van der Waals surface area contributed by atoms with Gasteiger partial charge in [-0.25, -0.2) is 4.98 Å². The number of hydrogen-bond donors (Lipinski definition) is 0. The van der Waals surface area contributed by atoms with Crippen LogP contribution in [-0.4, -0.2) is 32.8 Å². The van der Waals surface area contributed by atoms with Crippen LogP contribution in [0.1, 0.15) is 95.1 Å². The fourth-order valence-corrected chi connectivity index (χ4v) is 11.1. The molecule has 0 aliphatic carbocycles. The van der Waals surface area contributed by atoms with Crippen molar-refractivity contribution in [3.05, 3.63) is 162 Å². The molecule has 0 saturated heterocycles. The first-order valence-electron chi connectivity index (χ1n) is 24.4. The molecule has 0 bridgehead atoms. The fourth-order valence-electron chi connectivity index (χ4n) is 8.21. The Morgan fingerprint density at radius 2 is 1.50 bits per heavy atom. The van der Waals surface area contributed by atoms with Gasteiger partial charge < -0.3 is 8.98 Å². The molecule has 0 N–H and O–H groups in total. The van der Waals surface area contributed by atoms with Crippen LogP contribution in [0.4, 0.5) is 0 Å². The van der Waals surface area contributed by atoms with Gasteiger partial charge in [-0.05, 0) is 77.4 Å². The van der Waals surface area contributed by atoms with Crippen molar-refractivity contribution in [2.24, 2.45) is 5.41 Å². The predicted octanol–water partition coefficient (Wildman–Crippen LogP) is 15.0. The predicted molar refractivity (Wildman–Crippen MR) is 268 cm³/mol. The van der Waals surface area contributed by atoms with Gasteiger partial charge in [0.15, 0.2) is 0 Å². The molecule has 5 aromatic carbocycles. The average molecular weight is 1090 g/mol. The van der Waals surface area contributed by atoms with E-state index in [1.807, 2.05) is 58.2 Å². The summed E-state index contributed by atoms with van der Waals surface area (Å²) in [4.78, 5) is 14.5. The Kier molecular flexibility index (Phi) is 11.8. The summed E-state index contributed by atoms with van der Waals surface area (Å²) in [6, 6.07) is 45.0. The van der Waals surface area contributed by atoms with Gasteiger partial charge in [-0.1, -0.05) is 81.1 Å². The van der Waals surface area contributed by atoms with Gasteiger partial charge in [0, 0.05) is 36.9 Å². The van der Waals surface area contributed by atoms with E-state index in [-0.39, 0.29) is 25.7 Å². The van der Waals surface area contributed by atoms with E-state index in [0.717, 1.165) is 48.9 Å². The molecular weight excluding hydrogens is 1020 g/mol. The number of benzene rings is 5. The normalized spacial score (nSPS) is 13.5. The summed E-state index contributed by atoms with van der Waals surface area (Å²) in [7, 11) is 0. The molecule has 0 fully saturated rings. The van der Waals surface area contributed by atoms with E-state index in [4.69, 9.17) is 16.3 Å². The second-order valence-electron chi connectivity index (χ2n) is 19.2. The average Bonchev–Trinajstić information content (AvgIpc) is 3.86. The van der Waals surface area contributed by atoms with Crippen LogP contribution >= 0.6 is 0 Å². The zero-order valence-electron chi connectivity index (χ0n) is 43.7. The molecule has 0 spiro atoms. The third kappa shape index (κ3) is 9.76. The number of rotatable bonds is 8. The molecule has 4 heterocycles. The van der Waals surface area contributed by atoms with Crippen LogP contribution < -0.4 is 4.40 Å². The first kappa shape index (κ1) is 40.4. The summed E-state index contributed by atoms with van der Waals surface area (Å²) in [5.74, 6) is 8.10. The monoisotopic (exact) mass is 1090 g/mol. The number of fused-ring (bicyclic) bond motifs is 4. The van der Waals surface area contributed by atoms with E-state index in [2.05, 4.69) is 144 Å². The van der Waals surface area contributed by atoms with E-state index in [1.165, 1.54) is 34.0 Å². The molecular formula is C57H60GeIrN4O-2. The van der Waals surface area contributed by atoms with E-state index >= 15 is 0 Å². The fraction of sp³-hybridized carbons (Fsp3) is 0.281. The molecule has 4 aromatic heterocycles. The smallest absolute Gasteiger partial charge is 0 e. The molecule has 0 amide bonds. The van der Waals surface area contributed by atoms with Gasteiger partial charge in [0.05, 0.1) is 22.4 Å². The Hall–Kier alpha value is -5.14. The van der Waals surface area contributed by atoms with Crippen LogP contribution in [0.2, 0.25) is 17.3 Å². The largest absolute Gasteiger partial charge is 0 e. The second kappa shape index (κ2) is 18.8. The second-order valence-corrected chi connectivity index (χ2v) is 29.7. The SMILES string of the molecule is Cc1ccc2c(n1)oc1c(-c3nc4ccccc4n3-c3c(C(C)C)cc(-c4ccccc4)cc3C(C)C)[c-]ccc12.[2H]C([2H])([2H])c1c[c-]c(-c2cc(C([2H])([2H])C(C)(C)C)[c]([Ge]([CH3])([CH3])[CH3])cn2)cc1.[Ir]. The van der Waals surface area contributed by atoms with Crippen LogP contribution in [0.3, 0.4) is 0 Å². The van der Waals surface area contributed by atoms with Crippen LogP contribution in [0.25, 0.3) is 72.6 Å². The van der Waals surface area contributed by atoms with Crippen molar-refractivity contribution in [3.63, 3.8) is 0 Å². The van der Waals surface area contributed by atoms with Gasteiger partial charge in [-0.3, -0.25) is 4.98 Å². The van der Waals surface area contributed by atoms with Crippen molar-refractivity contribution in [2.75, 3.05) is 0 Å². The van der Waals surface area contributed by atoms with Gasteiger partial charge in [-0.15, -0.1) is 18.2 Å². The number of imidazole rings is 1. The van der Waals surface area contributed by atoms with Gasteiger partial charge >= 0.3 is 145 Å². The zero-order chi connectivity index (χ0) is 49.1. The summed E-state index contributed by atoms with van der Waals surface area (Å²) in [5.41, 5.74) is 13.0. The van der Waals surface area contributed by atoms with Crippen molar-refractivity contribution in [2.45, 2.75) is 97.7 Å². The molecule has 0 saturated carbocycles.